The van der Waals surface area contributed by atoms with E-state index in [4.69, 9.17) is 18.0 Å². The van der Waals surface area contributed by atoms with Gasteiger partial charge in [-0.3, -0.25) is 0 Å². The number of anilines is 1. The van der Waals surface area contributed by atoms with Crippen LogP contribution in [0.25, 0.3) is 0 Å². The van der Waals surface area contributed by atoms with Crippen molar-refractivity contribution in [3.05, 3.63) is 29.3 Å². The third kappa shape index (κ3) is 2.68. The van der Waals surface area contributed by atoms with Crippen LogP contribution in [0.4, 0.5) is 5.69 Å². The van der Waals surface area contributed by atoms with Gasteiger partial charge in [-0.2, -0.15) is 0 Å². The normalized spacial score (nSPS) is 10.3. The molecule has 0 amide bonds. The number of aryl methyl sites for hydroxylation is 1. The second-order valence-electron chi connectivity index (χ2n) is 3.42. The standard InChI is InChI=1S/C10H15N3S/c1-7-4-5-9(12-13(2)3)8(6-7)10(11)14/h4-6,12H,1-3H3,(H2,11,14). The molecule has 0 spiro atoms. The Hall–Kier alpha value is -1.13. The van der Waals surface area contributed by atoms with Crippen LogP contribution in [0, 0.1) is 6.92 Å². The van der Waals surface area contributed by atoms with E-state index in [1.807, 2.05) is 44.2 Å². The van der Waals surface area contributed by atoms with Gasteiger partial charge in [0.05, 0.1) is 5.69 Å². The Kier molecular flexibility index (Phi) is 3.43. The maximum absolute atomic E-state index is 5.63. The van der Waals surface area contributed by atoms with Gasteiger partial charge in [0.2, 0.25) is 0 Å². The second kappa shape index (κ2) is 4.39. The quantitative estimate of drug-likeness (QED) is 0.585. The van der Waals surface area contributed by atoms with E-state index in [1.165, 1.54) is 0 Å². The topological polar surface area (TPSA) is 41.3 Å². The van der Waals surface area contributed by atoms with Gasteiger partial charge < -0.3 is 11.2 Å². The van der Waals surface area contributed by atoms with Crippen molar-refractivity contribution in [2.45, 2.75) is 6.92 Å². The molecule has 4 heteroatoms. The molecule has 0 aromatic heterocycles. The lowest BCUT2D eigenvalue weighted by Crippen LogP contribution is -2.22. The summed E-state index contributed by atoms with van der Waals surface area (Å²) in [5, 5.41) is 1.85. The van der Waals surface area contributed by atoms with Gasteiger partial charge in [0, 0.05) is 19.7 Å². The molecule has 14 heavy (non-hydrogen) atoms. The lowest BCUT2D eigenvalue weighted by molar-refractivity contribution is 0.495. The van der Waals surface area contributed by atoms with Crippen LogP contribution in [-0.2, 0) is 0 Å². The Morgan fingerprint density at radius 1 is 1.43 bits per heavy atom. The minimum atomic E-state index is 0.415. The number of hydrazine groups is 1. The van der Waals surface area contributed by atoms with Crippen molar-refractivity contribution < 1.29 is 0 Å². The molecule has 0 bridgehead atoms. The molecule has 0 radical (unpaired) electrons. The van der Waals surface area contributed by atoms with Crippen LogP contribution in [0.5, 0.6) is 0 Å². The molecule has 3 N–H and O–H groups in total. The monoisotopic (exact) mass is 209 g/mol. The summed E-state index contributed by atoms with van der Waals surface area (Å²) in [7, 11) is 3.84. The van der Waals surface area contributed by atoms with Gasteiger partial charge in [0.1, 0.15) is 4.99 Å². The molecule has 0 heterocycles. The van der Waals surface area contributed by atoms with Gasteiger partial charge >= 0.3 is 0 Å². The first-order valence-corrected chi connectivity index (χ1v) is 4.76. The summed E-state index contributed by atoms with van der Waals surface area (Å²) in [5.41, 5.74) is 11.8. The number of nitrogens with one attached hydrogen (secondary N) is 1. The lowest BCUT2D eigenvalue weighted by Gasteiger charge is -2.16. The first-order chi connectivity index (χ1) is 6.50. The molecule has 0 aliphatic rings. The lowest BCUT2D eigenvalue weighted by atomic mass is 10.1. The zero-order valence-corrected chi connectivity index (χ0v) is 9.48. The number of thiocarbonyl (C=S) groups is 1. The molecule has 0 aliphatic heterocycles. The van der Waals surface area contributed by atoms with Crippen molar-refractivity contribution in [1.29, 1.82) is 0 Å². The van der Waals surface area contributed by atoms with Crippen molar-refractivity contribution in [3.8, 4) is 0 Å². The predicted molar refractivity (Wildman–Crippen MR) is 64.4 cm³/mol. The summed E-state index contributed by atoms with van der Waals surface area (Å²) >= 11 is 4.98. The zero-order chi connectivity index (χ0) is 10.7. The Labute approximate surface area is 89.9 Å². The smallest absolute Gasteiger partial charge is 0.106 e. The van der Waals surface area contributed by atoms with E-state index in [0.717, 1.165) is 16.8 Å². The van der Waals surface area contributed by atoms with Crippen LogP contribution in [-0.4, -0.2) is 24.1 Å². The van der Waals surface area contributed by atoms with Crippen LogP contribution < -0.4 is 11.2 Å². The average Bonchev–Trinajstić information content (AvgIpc) is 2.07. The maximum Gasteiger partial charge on any atom is 0.106 e. The molecule has 1 aromatic carbocycles. The highest BCUT2D eigenvalue weighted by Gasteiger charge is 2.05. The molecule has 1 aromatic rings. The molecule has 1 rings (SSSR count). The van der Waals surface area contributed by atoms with Crippen molar-refractivity contribution >= 4 is 22.9 Å². The van der Waals surface area contributed by atoms with Gasteiger partial charge in [0.25, 0.3) is 0 Å². The number of hydrogen-bond acceptors (Lipinski definition) is 3. The second-order valence-corrected chi connectivity index (χ2v) is 3.86. The Morgan fingerprint density at radius 3 is 2.57 bits per heavy atom. The van der Waals surface area contributed by atoms with Crippen LogP contribution >= 0.6 is 12.2 Å². The van der Waals surface area contributed by atoms with Gasteiger partial charge in [-0.15, -0.1) is 0 Å². The summed E-state index contributed by atoms with van der Waals surface area (Å²) < 4.78 is 0. The molecular formula is C10H15N3S. The molecule has 0 aliphatic carbocycles. The molecule has 0 atom stereocenters. The van der Waals surface area contributed by atoms with E-state index >= 15 is 0 Å². The molecule has 0 saturated carbocycles. The SMILES string of the molecule is Cc1ccc(NN(C)C)c(C(N)=S)c1. The van der Waals surface area contributed by atoms with Gasteiger partial charge in [-0.1, -0.05) is 23.8 Å². The highest BCUT2D eigenvalue weighted by Crippen LogP contribution is 2.17. The minimum absolute atomic E-state index is 0.415. The van der Waals surface area contributed by atoms with Gasteiger partial charge in [0.15, 0.2) is 0 Å². The van der Waals surface area contributed by atoms with Crippen LogP contribution in [0.3, 0.4) is 0 Å². The zero-order valence-electron chi connectivity index (χ0n) is 8.66. The summed E-state index contributed by atoms with van der Waals surface area (Å²) in [6, 6.07) is 5.98. The molecule has 0 saturated heterocycles. The number of benzene rings is 1. The van der Waals surface area contributed by atoms with Crippen LogP contribution in [0.1, 0.15) is 11.1 Å². The van der Waals surface area contributed by atoms with Crippen molar-refractivity contribution in [2.24, 2.45) is 5.73 Å². The summed E-state index contributed by atoms with van der Waals surface area (Å²) in [4.78, 5) is 0.415. The van der Waals surface area contributed by atoms with E-state index in [9.17, 15) is 0 Å². The van der Waals surface area contributed by atoms with Crippen LogP contribution in [0.15, 0.2) is 18.2 Å². The molecular weight excluding hydrogens is 194 g/mol. The fraction of sp³-hybridized carbons (Fsp3) is 0.300. The maximum atomic E-state index is 5.63. The Bertz CT molecular complexity index is 347. The first-order valence-electron chi connectivity index (χ1n) is 4.35. The van der Waals surface area contributed by atoms with Gasteiger partial charge in [-0.05, 0) is 19.1 Å². The molecule has 0 fully saturated rings. The Balaban J connectivity index is 3.08. The number of rotatable bonds is 3. The molecule has 0 unspecified atom stereocenters. The average molecular weight is 209 g/mol. The molecule has 76 valence electrons. The fourth-order valence-electron chi connectivity index (χ4n) is 1.20. The van der Waals surface area contributed by atoms with Gasteiger partial charge in [-0.25, -0.2) is 5.01 Å². The number of nitrogens with two attached hydrogens (primary N) is 1. The van der Waals surface area contributed by atoms with E-state index in [0.29, 0.717) is 4.99 Å². The van der Waals surface area contributed by atoms with Crippen molar-refractivity contribution in [3.63, 3.8) is 0 Å². The van der Waals surface area contributed by atoms with Crippen LogP contribution in [0.2, 0.25) is 0 Å². The van der Waals surface area contributed by atoms with E-state index < -0.39 is 0 Å². The third-order valence-electron chi connectivity index (χ3n) is 1.78. The Morgan fingerprint density at radius 2 is 2.07 bits per heavy atom. The van der Waals surface area contributed by atoms with E-state index in [-0.39, 0.29) is 0 Å². The summed E-state index contributed by atoms with van der Waals surface area (Å²) in [6.45, 7) is 2.02. The van der Waals surface area contributed by atoms with E-state index in [1.54, 1.807) is 0 Å². The minimum Gasteiger partial charge on any atom is -0.389 e. The highest BCUT2D eigenvalue weighted by molar-refractivity contribution is 7.80. The third-order valence-corrected chi connectivity index (χ3v) is 2.00. The first kappa shape index (κ1) is 10.9. The number of hydrogen-bond donors (Lipinski definition) is 2. The van der Waals surface area contributed by atoms with Crippen molar-refractivity contribution in [2.75, 3.05) is 19.5 Å². The molecule has 3 nitrogen and oxygen atoms in total. The number of nitrogens with zero attached hydrogens (tertiary/aromatic N) is 1. The summed E-state index contributed by atoms with van der Waals surface area (Å²) in [5.74, 6) is 0. The van der Waals surface area contributed by atoms with E-state index in [2.05, 4.69) is 5.43 Å². The van der Waals surface area contributed by atoms with Crippen molar-refractivity contribution in [1.82, 2.24) is 5.01 Å². The largest absolute Gasteiger partial charge is 0.389 e. The predicted octanol–water partition coefficient (Wildman–Crippen LogP) is 1.52. The fourth-order valence-corrected chi connectivity index (χ4v) is 1.37. The summed E-state index contributed by atoms with van der Waals surface area (Å²) in [6.07, 6.45) is 0. The highest BCUT2D eigenvalue weighted by atomic mass is 32.1.